The maximum atomic E-state index is 13.8. The highest BCUT2D eigenvalue weighted by Gasteiger charge is 2.30. The Morgan fingerprint density at radius 1 is 0.891 bits per heavy atom. The number of hydrogen-bond donors (Lipinski definition) is 0. The second kappa shape index (κ2) is 17.5. The van der Waals surface area contributed by atoms with Gasteiger partial charge in [0, 0.05) is 26.1 Å². The molecule has 12 heteroatoms. The number of halogens is 3. The van der Waals surface area contributed by atoms with Crippen molar-refractivity contribution in [1.29, 1.82) is 0 Å². The predicted molar refractivity (Wildman–Crippen MR) is 175 cm³/mol. The topological polar surface area (TPSA) is 88.4 Å². The van der Waals surface area contributed by atoms with E-state index in [4.69, 9.17) is 4.79 Å². The summed E-state index contributed by atoms with van der Waals surface area (Å²) in [7, 11) is 0. The van der Waals surface area contributed by atoms with E-state index in [2.05, 4.69) is 34.2 Å². The Labute approximate surface area is 271 Å². The summed E-state index contributed by atoms with van der Waals surface area (Å²) in [6.45, 7) is 11.2. The van der Waals surface area contributed by atoms with Crippen molar-refractivity contribution in [3.63, 3.8) is 0 Å². The van der Waals surface area contributed by atoms with Crippen molar-refractivity contribution in [3.8, 4) is 11.1 Å². The summed E-state index contributed by atoms with van der Waals surface area (Å²) in [5.74, 6) is 0.345. The van der Waals surface area contributed by atoms with E-state index in [1.165, 1.54) is 12.1 Å². The number of rotatable bonds is 14. The molecule has 0 atom stereocenters. The molecule has 0 saturated heterocycles. The van der Waals surface area contributed by atoms with Crippen molar-refractivity contribution in [3.05, 3.63) is 104 Å². The van der Waals surface area contributed by atoms with Gasteiger partial charge in [-0.05, 0) is 77.1 Å². The second-order valence-electron chi connectivity index (χ2n) is 10.5. The van der Waals surface area contributed by atoms with Gasteiger partial charge in [-0.25, -0.2) is 4.68 Å². The molecule has 1 amide bonds. The minimum atomic E-state index is -4.38. The van der Waals surface area contributed by atoms with Crippen LogP contribution < -0.4 is 5.56 Å². The zero-order chi connectivity index (χ0) is 33.7. The summed E-state index contributed by atoms with van der Waals surface area (Å²) in [6.07, 6.45) is -2.79. The summed E-state index contributed by atoms with van der Waals surface area (Å²) < 4.78 is 40.5. The van der Waals surface area contributed by atoms with E-state index >= 15 is 0 Å². The van der Waals surface area contributed by atoms with Gasteiger partial charge in [0.15, 0.2) is 0 Å². The molecule has 246 valence electrons. The third-order valence-corrected chi connectivity index (χ3v) is 8.39. The summed E-state index contributed by atoms with van der Waals surface area (Å²) >= 11 is 1.61. The first-order valence-corrected chi connectivity index (χ1v) is 16.1. The Morgan fingerprint density at radius 2 is 1.52 bits per heavy atom. The van der Waals surface area contributed by atoms with Crippen LogP contribution in [0.5, 0.6) is 0 Å². The molecule has 2 aromatic heterocycles. The van der Waals surface area contributed by atoms with Crippen LogP contribution in [0.3, 0.4) is 0 Å². The summed E-state index contributed by atoms with van der Waals surface area (Å²) in [4.78, 5) is 42.7. The first-order valence-electron chi connectivity index (χ1n) is 15.1. The van der Waals surface area contributed by atoms with E-state index in [-0.39, 0.29) is 18.0 Å². The monoisotopic (exact) mass is 655 g/mol. The molecule has 2 heterocycles. The third kappa shape index (κ3) is 10.2. The van der Waals surface area contributed by atoms with Crippen molar-refractivity contribution in [2.45, 2.75) is 59.3 Å². The van der Waals surface area contributed by atoms with Crippen molar-refractivity contribution < 1.29 is 22.8 Å². The number of aryl methyl sites for hydroxylation is 3. The highest BCUT2D eigenvalue weighted by atomic mass is 32.1. The molecule has 46 heavy (non-hydrogen) atoms. The van der Waals surface area contributed by atoms with Crippen LogP contribution in [-0.4, -0.2) is 63.4 Å². The van der Waals surface area contributed by atoms with Crippen LogP contribution >= 0.6 is 11.3 Å². The maximum absolute atomic E-state index is 13.8. The number of hydrogen-bond acceptors (Lipinski definition) is 7. The Morgan fingerprint density at radius 3 is 2.07 bits per heavy atom. The molecule has 0 N–H and O–H groups in total. The van der Waals surface area contributed by atoms with Gasteiger partial charge >= 0.3 is 6.18 Å². The van der Waals surface area contributed by atoms with Gasteiger partial charge in [0.2, 0.25) is 5.91 Å². The summed E-state index contributed by atoms with van der Waals surface area (Å²) in [6, 6.07) is 14.6. The van der Waals surface area contributed by atoms with E-state index in [1.54, 1.807) is 20.9 Å². The van der Waals surface area contributed by atoms with Crippen molar-refractivity contribution >= 4 is 24.0 Å². The number of nitrogens with zero attached hydrogens (tertiary/aromatic N) is 5. The van der Waals surface area contributed by atoms with Crippen LogP contribution in [0.25, 0.3) is 11.1 Å². The lowest BCUT2D eigenvalue weighted by molar-refractivity contribution is -0.137. The highest BCUT2D eigenvalue weighted by molar-refractivity contribution is 7.07. The van der Waals surface area contributed by atoms with Crippen LogP contribution in [0.4, 0.5) is 13.2 Å². The number of alkyl halides is 3. The van der Waals surface area contributed by atoms with E-state index in [0.717, 1.165) is 41.9 Å². The number of likely N-dealkylation sites (N-methyl/N-ethyl adjacent to an activating group) is 1. The zero-order valence-corrected chi connectivity index (χ0v) is 27.2. The number of benzene rings is 2. The molecule has 0 fully saturated rings. The quantitative estimate of drug-likeness (QED) is 0.168. The minimum absolute atomic E-state index is 0.0405. The zero-order valence-electron chi connectivity index (χ0n) is 26.4. The fourth-order valence-corrected chi connectivity index (χ4v) is 5.61. The summed E-state index contributed by atoms with van der Waals surface area (Å²) in [5.41, 5.74) is 2.78. The average Bonchev–Trinajstić information content (AvgIpc) is 3.59. The maximum Gasteiger partial charge on any atom is 0.416 e. The number of carbonyl (C=O) groups is 2. The van der Waals surface area contributed by atoms with Gasteiger partial charge in [-0.1, -0.05) is 57.2 Å². The molecular formula is C34H40F3N5O3S. The molecular weight excluding hydrogens is 615 g/mol. The van der Waals surface area contributed by atoms with Crippen LogP contribution in [0.2, 0.25) is 0 Å². The van der Waals surface area contributed by atoms with E-state index in [9.17, 15) is 22.8 Å². The molecule has 0 unspecified atom stereocenters. The fraction of sp³-hybridized carbons (Fsp3) is 0.382. The number of amides is 1. The highest BCUT2D eigenvalue weighted by Crippen LogP contribution is 2.31. The second-order valence-corrected chi connectivity index (χ2v) is 11.3. The molecule has 0 saturated carbocycles. The van der Waals surface area contributed by atoms with E-state index in [0.29, 0.717) is 56.0 Å². The molecule has 8 nitrogen and oxygen atoms in total. The lowest BCUT2D eigenvalue weighted by Crippen LogP contribution is -2.41. The smallest absolute Gasteiger partial charge is 0.335 e. The molecule has 4 rings (SSSR count). The first kappa shape index (κ1) is 36.3. The van der Waals surface area contributed by atoms with Crippen molar-refractivity contribution in [1.82, 2.24) is 24.6 Å². The molecule has 0 bridgehead atoms. The van der Waals surface area contributed by atoms with E-state index in [1.807, 2.05) is 49.4 Å². The molecule has 0 aliphatic heterocycles. The Bertz CT molecular complexity index is 1570. The van der Waals surface area contributed by atoms with Gasteiger partial charge in [-0.3, -0.25) is 9.59 Å². The molecule has 4 aromatic rings. The van der Waals surface area contributed by atoms with Crippen LogP contribution in [0, 0.1) is 0 Å². The van der Waals surface area contributed by atoms with Gasteiger partial charge in [0.25, 0.3) is 5.56 Å². The lowest BCUT2D eigenvalue weighted by Gasteiger charge is -2.27. The van der Waals surface area contributed by atoms with Crippen LogP contribution in [0.1, 0.15) is 49.0 Å². The number of carbonyl (C=O) groups excluding carboxylic acids is 2. The van der Waals surface area contributed by atoms with Gasteiger partial charge in [0.05, 0.1) is 5.56 Å². The Hall–Kier alpha value is -4.16. The summed E-state index contributed by atoms with van der Waals surface area (Å²) in [5, 5.41) is 8.59. The van der Waals surface area contributed by atoms with Gasteiger partial charge < -0.3 is 14.6 Å². The Kier molecular flexibility index (Phi) is 13.8. The van der Waals surface area contributed by atoms with Gasteiger partial charge in [-0.15, -0.1) is 0 Å². The van der Waals surface area contributed by atoms with E-state index < -0.39 is 11.7 Å². The number of thiophene rings is 1. The Balaban J connectivity index is 0.00000282. The fourth-order valence-electron chi connectivity index (χ4n) is 4.91. The molecule has 2 aromatic carbocycles. The largest absolute Gasteiger partial charge is 0.416 e. The predicted octanol–water partition coefficient (Wildman–Crippen LogP) is 5.92. The SMILES string of the molecule is C=O.CCc1nn(CC(=O)N(CCN(CC)CC)Cc2ccc(-c3ccc(C(F)(F)F)cc3)cc2)c(CCc2ccsc2)nc1=O. The molecule has 0 aliphatic carbocycles. The minimum Gasteiger partial charge on any atom is -0.335 e. The molecule has 0 aliphatic rings. The standard InChI is InChI=1S/C33H38F3N5O2S.CH2O/c1-4-29-32(43)37-30(16-9-25-17-20-44-23-25)41(38-29)22-31(42)40(19-18-39(5-2)6-3)21-24-7-10-26(11-8-24)27-12-14-28(15-13-27)33(34,35)36;1-2/h7-8,10-15,17,20,23H,4-6,9,16,18-19,21-22H2,1-3H3;1H2. The average molecular weight is 656 g/mol. The molecule has 0 spiro atoms. The van der Waals surface area contributed by atoms with Gasteiger partial charge in [-0.2, -0.15) is 34.6 Å². The van der Waals surface area contributed by atoms with Crippen LogP contribution in [0.15, 0.2) is 70.2 Å². The van der Waals surface area contributed by atoms with Crippen molar-refractivity contribution in [2.75, 3.05) is 26.2 Å². The molecule has 0 radical (unpaired) electrons. The van der Waals surface area contributed by atoms with Gasteiger partial charge in [0.1, 0.15) is 24.9 Å². The first-order chi connectivity index (χ1) is 22.1. The normalized spacial score (nSPS) is 11.3. The van der Waals surface area contributed by atoms with Crippen molar-refractivity contribution in [2.24, 2.45) is 0 Å². The lowest BCUT2D eigenvalue weighted by atomic mass is 10.0. The number of aromatic nitrogens is 3. The third-order valence-electron chi connectivity index (χ3n) is 7.66. The van der Waals surface area contributed by atoms with Crippen LogP contribution in [-0.2, 0) is 48.1 Å².